The van der Waals surface area contributed by atoms with Gasteiger partial charge in [-0.05, 0) is 12.1 Å². The van der Waals surface area contributed by atoms with Crippen LogP contribution < -0.4 is 4.72 Å². The quantitative estimate of drug-likeness (QED) is 0.896. The number of hydrogen-bond acceptors (Lipinski definition) is 5. The van der Waals surface area contributed by atoms with Crippen LogP contribution in [0.1, 0.15) is 0 Å². The predicted octanol–water partition coefficient (Wildman–Crippen LogP) is 1.28. The van der Waals surface area contributed by atoms with Gasteiger partial charge in [0.15, 0.2) is 9.84 Å². The number of sulfone groups is 1. The van der Waals surface area contributed by atoms with Crippen molar-refractivity contribution in [1.29, 1.82) is 0 Å². The molecule has 0 unspecified atom stereocenters. The van der Waals surface area contributed by atoms with E-state index in [4.69, 9.17) is 11.6 Å². The van der Waals surface area contributed by atoms with Crippen LogP contribution in [0.5, 0.6) is 0 Å². The second-order valence-corrected chi connectivity index (χ2v) is 8.27. The number of aryl methyl sites for hydroxylation is 1. The number of aromatic nitrogens is 2. The number of sulfonamides is 1. The number of rotatable bonds is 4. The number of hydrogen-bond donors (Lipinski definition) is 1. The highest BCUT2D eigenvalue weighted by molar-refractivity contribution is 7.93. The van der Waals surface area contributed by atoms with Crippen LogP contribution in [0, 0.1) is 0 Å². The molecule has 0 radical (unpaired) electrons. The third-order valence-electron chi connectivity index (χ3n) is 2.62. The lowest BCUT2D eigenvalue weighted by molar-refractivity contribution is 0.598. The summed E-state index contributed by atoms with van der Waals surface area (Å²) in [5.74, 6) is 0. The number of nitrogens with zero attached hydrogens (tertiary/aromatic N) is 2. The molecule has 114 valence electrons. The maximum atomic E-state index is 12.2. The van der Waals surface area contributed by atoms with Crippen molar-refractivity contribution in [3.05, 3.63) is 35.7 Å². The lowest BCUT2D eigenvalue weighted by Gasteiger charge is -2.10. The minimum Gasteiger partial charge on any atom is -0.324 e. The van der Waals surface area contributed by atoms with Gasteiger partial charge in [0.2, 0.25) is 5.03 Å². The lowest BCUT2D eigenvalue weighted by Crippen LogP contribution is -2.16. The van der Waals surface area contributed by atoms with Crippen LogP contribution in [-0.2, 0) is 26.9 Å². The van der Waals surface area contributed by atoms with Crippen molar-refractivity contribution in [3.8, 4) is 0 Å². The first-order valence-electron chi connectivity index (χ1n) is 5.61. The smallest absolute Gasteiger partial charge is 0.282 e. The third kappa shape index (κ3) is 3.20. The fourth-order valence-corrected chi connectivity index (χ4v) is 4.06. The van der Waals surface area contributed by atoms with Gasteiger partial charge in [-0.15, -0.1) is 0 Å². The molecule has 2 aromatic rings. The SMILES string of the molecule is Cn1cnc(S(=O)(=O)Nc2ccccc2S(C)(=O)=O)c1Cl. The van der Waals surface area contributed by atoms with E-state index in [0.717, 1.165) is 6.26 Å². The van der Waals surface area contributed by atoms with Crippen molar-refractivity contribution >= 4 is 37.1 Å². The van der Waals surface area contributed by atoms with E-state index in [1.54, 1.807) is 7.05 Å². The van der Waals surface area contributed by atoms with E-state index in [2.05, 4.69) is 9.71 Å². The van der Waals surface area contributed by atoms with Gasteiger partial charge in [0, 0.05) is 13.3 Å². The number of imidazole rings is 1. The van der Waals surface area contributed by atoms with E-state index < -0.39 is 19.9 Å². The summed E-state index contributed by atoms with van der Waals surface area (Å²) < 4.78 is 51.4. The molecular formula is C11H12ClN3O4S2. The van der Waals surface area contributed by atoms with Crippen LogP contribution in [-0.4, -0.2) is 32.6 Å². The number of para-hydroxylation sites is 1. The number of benzene rings is 1. The zero-order valence-corrected chi connectivity index (χ0v) is 13.5. The molecule has 10 heteroatoms. The van der Waals surface area contributed by atoms with E-state index >= 15 is 0 Å². The number of anilines is 1. The fraction of sp³-hybridized carbons (Fsp3) is 0.182. The third-order valence-corrected chi connectivity index (χ3v) is 5.63. The van der Waals surface area contributed by atoms with Crippen molar-refractivity contribution < 1.29 is 16.8 Å². The molecule has 1 aromatic heterocycles. The summed E-state index contributed by atoms with van der Waals surface area (Å²) in [6.45, 7) is 0. The van der Waals surface area contributed by atoms with Crippen molar-refractivity contribution in [2.75, 3.05) is 11.0 Å². The molecule has 1 N–H and O–H groups in total. The summed E-state index contributed by atoms with van der Waals surface area (Å²) in [4.78, 5) is 3.58. The van der Waals surface area contributed by atoms with Gasteiger partial charge < -0.3 is 4.57 Å². The summed E-state index contributed by atoms with van der Waals surface area (Å²) in [7, 11) is -6.12. The Kier molecular flexibility index (Phi) is 4.00. The van der Waals surface area contributed by atoms with E-state index in [1.807, 2.05) is 0 Å². The predicted molar refractivity (Wildman–Crippen MR) is 78.6 cm³/mol. The van der Waals surface area contributed by atoms with Gasteiger partial charge in [-0.25, -0.2) is 13.4 Å². The molecule has 0 aliphatic heterocycles. The van der Waals surface area contributed by atoms with Crippen LogP contribution in [0.4, 0.5) is 5.69 Å². The standard InChI is InChI=1S/C11H12ClN3O4S2/c1-15-7-13-11(10(15)12)21(18,19)14-8-5-3-4-6-9(8)20(2,16)17/h3-7,14H,1-2H3. The first-order valence-corrected chi connectivity index (χ1v) is 9.37. The number of nitrogens with one attached hydrogen (secondary N) is 1. The average Bonchev–Trinajstić information content (AvgIpc) is 2.69. The molecule has 0 aliphatic rings. The first kappa shape index (κ1) is 15.8. The molecule has 0 fully saturated rings. The highest BCUT2D eigenvalue weighted by Crippen LogP contribution is 2.26. The van der Waals surface area contributed by atoms with Crippen LogP contribution in [0.2, 0.25) is 5.15 Å². The second-order valence-electron chi connectivity index (χ2n) is 4.33. The maximum Gasteiger partial charge on any atom is 0.282 e. The van der Waals surface area contributed by atoms with Gasteiger partial charge in [-0.3, -0.25) is 4.72 Å². The van der Waals surface area contributed by atoms with Crippen molar-refractivity contribution in [1.82, 2.24) is 9.55 Å². The van der Waals surface area contributed by atoms with E-state index in [-0.39, 0.29) is 20.8 Å². The molecule has 2 rings (SSSR count). The maximum absolute atomic E-state index is 12.2. The fourth-order valence-electron chi connectivity index (χ4n) is 1.64. The molecule has 1 heterocycles. The van der Waals surface area contributed by atoms with Gasteiger partial charge >= 0.3 is 0 Å². The van der Waals surface area contributed by atoms with Crippen LogP contribution in [0.3, 0.4) is 0 Å². The zero-order chi connectivity index (χ0) is 15.8. The zero-order valence-electron chi connectivity index (χ0n) is 11.1. The first-order chi connectivity index (χ1) is 9.63. The second kappa shape index (κ2) is 5.32. The Morgan fingerprint density at radius 1 is 1.19 bits per heavy atom. The van der Waals surface area contributed by atoms with Crippen LogP contribution in [0.15, 0.2) is 40.5 Å². The largest absolute Gasteiger partial charge is 0.324 e. The highest BCUT2D eigenvalue weighted by atomic mass is 35.5. The molecule has 0 amide bonds. The molecule has 0 atom stereocenters. The summed E-state index contributed by atoms with van der Waals surface area (Å²) in [6, 6.07) is 5.69. The van der Waals surface area contributed by atoms with E-state index in [0.29, 0.717) is 0 Å². The summed E-state index contributed by atoms with van der Waals surface area (Å²) in [5.41, 5.74) is -0.0540. The average molecular weight is 350 g/mol. The molecule has 1 aromatic carbocycles. The molecule has 0 aliphatic carbocycles. The normalized spacial score (nSPS) is 12.3. The van der Waals surface area contributed by atoms with Crippen LogP contribution >= 0.6 is 11.6 Å². The number of halogens is 1. The van der Waals surface area contributed by atoms with Gasteiger partial charge in [0.05, 0.1) is 16.9 Å². The van der Waals surface area contributed by atoms with Gasteiger partial charge in [-0.2, -0.15) is 8.42 Å². The Labute approximate surface area is 127 Å². The Morgan fingerprint density at radius 2 is 1.81 bits per heavy atom. The summed E-state index contributed by atoms with van der Waals surface area (Å²) >= 11 is 5.85. The highest BCUT2D eigenvalue weighted by Gasteiger charge is 2.24. The Hall–Kier alpha value is -1.58. The summed E-state index contributed by atoms with van der Waals surface area (Å²) in [6.07, 6.45) is 2.24. The molecule has 0 bridgehead atoms. The molecule has 0 saturated carbocycles. The van der Waals surface area contributed by atoms with E-state index in [9.17, 15) is 16.8 Å². The van der Waals surface area contributed by atoms with Crippen molar-refractivity contribution in [2.45, 2.75) is 9.92 Å². The molecular weight excluding hydrogens is 338 g/mol. The molecule has 0 saturated heterocycles. The monoisotopic (exact) mass is 349 g/mol. The van der Waals surface area contributed by atoms with Gasteiger partial charge in [-0.1, -0.05) is 23.7 Å². The minimum absolute atomic E-state index is 0.0540. The minimum atomic E-state index is -4.08. The topological polar surface area (TPSA) is 98.1 Å². The Bertz CT molecular complexity index is 888. The molecule has 7 nitrogen and oxygen atoms in total. The molecule has 0 spiro atoms. The summed E-state index contributed by atoms with van der Waals surface area (Å²) in [5, 5.41) is -0.436. The molecule has 21 heavy (non-hydrogen) atoms. The lowest BCUT2D eigenvalue weighted by atomic mass is 10.3. The van der Waals surface area contributed by atoms with Gasteiger partial charge in [0.1, 0.15) is 5.15 Å². The van der Waals surface area contributed by atoms with Crippen LogP contribution in [0.25, 0.3) is 0 Å². The van der Waals surface area contributed by atoms with Gasteiger partial charge in [0.25, 0.3) is 10.0 Å². The Balaban J connectivity index is 2.50. The Morgan fingerprint density at radius 3 is 2.33 bits per heavy atom. The van der Waals surface area contributed by atoms with E-state index in [1.165, 1.54) is 35.2 Å². The van der Waals surface area contributed by atoms with Crippen molar-refractivity contribution in [3.63, 3.8) is 0 Å². The van der Waals surface area contributed by atoms with Crippen molar-refractivity contribution in [2.24, 2.45) is 7.05 Å².